The molecule has 0 bridgehead atoms. The molecule has 0 unspecified atom stereocenters. The van der Waals surface area contributed by atoms with Gasteiger partial charge in [-0.05, 0) is 37.1 Å². The maximum absolute atomic E-state index is 12.5. The van der Waals surface area contributed by atoms with E-state index in [4.69, 9.17) is 0 Å². The highest BCUT2D eigenvalue weighted by atomic mass is 16.2. The molecule has 0 aliphatic heterocycles. The van der Waals surface area contributed by atoms with Crippen LogP contribution in [0.15, 0.2) is 48.8 Å². The molecule has 0 radical (unpaired) electrons. The lowest BCUT2D eigenvalue weighted by Crippen LogP contribution is -2.23. The summed E-state index contributed by atoms with van der Waals surface area (Å²) in [6, 6.07) is 11.4. The van der Waals surface area contributed by atoms with Crippen molar-refractivity contribution in [2.24, 2.45) is 0 Å². The van der Waals surface area contributed by atoms with Gasteiger partial charge in [0.25, 0.3) is 0 Å². The van der Waals surface area contributed by atoms with Crippen LogP contribution in [0, 0.1) is 13.8 Å². The van der Waals surface area contributed by atoms with Gasteiger partial charge < -0.3 is 0 Å². The summed E-state index contributed by atoms with van der Waals surface area (Å²) < 4.78 is 0. The fraction of sp³-hybridized carbons (Fsp3) is 0.100. The van der Waals surface area contributed by atoms with E-state index < -0.39 is 11.6 Å². The van der Waals surface area contributed by atoms with Crippen LogP contribution < -0.4 is 0 Å². The van der Waals surface area contributed by atoms with Crippen molar-refractivity contribution in [3.63, 3.8) is 0 Å². The van der Waals surface area contributed by atoms with Crippen LogP contribution in [0.2, 0.25) is 0 Å². The van der Waals surface area contributed by atoms with Crippen LogP contribution in [0.5, 0.6) is 0 Å². The number of hydrogen-bond donors (Lipinski definition) is 0. The van der Waals surface area contributed by atoms with Crippen molar-refractivity contribution in [3.8, 4) is 22.5 Å². The summed E-state index contributed by atoms with van der Waals surface area (Å²) in [7, 11) is 0. The molecule has 2 heterocycles. The van der Waals surface area contributed by atoms with Gasteiger partial charge in [0.05, 0.1) is 11.1 Å². The zero-order chi connectivity index (χ0) is 16.8. The van der Waals surface area contributed by atoms with Crippen LogP contribution >= 0.6 is 0 Å². The number of carbonyl (C=O) groups excluding carboxylic acids is 2. The normalized spacial score (nSPS) is 12.8. The average molecular weight is 314 g/mol. The summed E-state index contributed by atoms with van der Waals surface area (Å²) >= 11 is 0. The van der Waals surface area contributed by atoms with Crippen molar-refractivity contribution in [1.29, 1.82) is 0 Å². The van der Waals surface area contributed by atoms with Gasteiger partial charge in [-0.15, -0.1) is 0 Å². The van der Waals surface area contributed by atoms with E-state index in [1.165, 1.54) is 0 Å². The molecule has 116 valence electrons. The van der Waals surface area contributed by atoms with Gasteiger partial charge in [-0.3, -0.25) is 19.6 Å². The first kappa shape index (κ1) is 14.5. The molecule has 4 nitrogen and oxygen atoms in total. The van der Waals surface area contributed by atoms with Crippen molar-refractivity contribution >= 4 is 11.6 Å². The molecule has 0 amide bonds. The van der Waals surface area contributed by atoms with Crippen LogP contribution in [-0.2, 0) is 0 Å². The van der Waals surface area contributed by atoms with Gasteiger partial charge in [-0.1, -0.05) is 29.8 Å². The molecule has 0 N–H and O–H groups in total. The molecule has 24 heavy (non-hydrogen) atoms. The number of benzene rings is 1. The van der Waals surface area contributed by atoms with Gasteiger partial charge >= 0.3 is 0 Å². The van der Waals surface area contributed by atoms with Gasteiger partial charge in [0.15, 0.2) is 0 Å². The van der Waals surface area contributed by atoms with Crippen LogP contribution in [0.25, 0.3) is 22.5 Å². The average Bonchev–Trinajstić information content (AvgIpc) is 2.60. The van der Waals surface area contributed by atoms with Crippen LogP contribution in [-0.4, -0.2) is 21.5 Å². The molecular formula is C20H14N2O2. The van der Waals surface area contributed by atoms with E-state index in [1.807, 2.05) is 38.1 Å². The summed E-state index contributed by atoms with van der Waals surface area (Å²) in [5.41, 5.74) is 5.38. The highest BCUT2D eigenvalue weighted by Crippen LogP contribution is 2.33. The molecule has 1 aliphatic carbocycles. The van der Waals surface area contributed by atoms with E-state index in [2.05, 4.69) is 9.97 Å². The van der Waals surface area contributed by atoms with Crippen molar-refractivity contribution in [1.82, 2.24) is 9.97 Å². The molecule has 1 aromatic carbocycles. The Kier molecular flexibility index (Phi) is 3.13. The zero-order valence-electron chi connectivity index (χ0n) is 13.3. The van der Waals surface area contributed by atoms with E-state index in [0.29, 0.717) is 22.5 Å². The number of fused-ring (bicyclic) bond motifs is 3. The largest absolute Gasteiger partial charge is 0.285 e. The van der Waals surface area contributed by atoms with Crippen molar-refractivity contribution < 1.29 is 9.59 Å². The molecule has 2 aromatic heterocycles. The summed E-state index contributed by atoms with van der Waals surface area (Å²) in [6.45, 7) is 3.86. The van der Waals surface area contributed by atoms with Crippen molar-refractivity contribution in [3.05, 3.63) is 71.0 Å². The van der Waals surface area contributed by atoms with Gasteiger partial charge in [0.1, 0.15) is 11.4 Å². The minimum absolute atomic E-state index is 0.321. The predicted molar refractivity (Wildman–Crippen MR) is 91.0 cm³/mol. The summed E-state index contributed by atoms with van der Waals surface area (Å²) in [5, 5.41) is 0. The molecule has 0 fully saturated rings. The Hall–Kier alpha value is -3.14. The standard InChI is InChI=1S/C20H14N2O2/c1-11-3-5-13(6-4-11)14-8-16-18(22-10-14)17-15(19(23)20(16)24)7-12(2)9-21-17/h3-10H,1-2H3. The topological polar surface area (TPSA) is 59.9 Å². The number of hydrogen-bond acceptors (Lipinski definition) is 4. The molecule has 0 saturated carbocycles. The monoisotopic (exact) mass is 314 g/mol. The first-order valence-corrected chi connectivity index (χ1v) is 7.68. The number of pyridine rings is 2. The van der Waals surface area contributed by atoms with Gasteiger partial charge in [0, 0.05) is 18.0 Å². The van der Waals surface area contributed by atoms with Crippen LogP contribution in [0.4, 0.5) is 0 Å². The Morgan fingerprint density at radius 3 is 1.92 bits per heavy atom. The van der Waals surface area contributed by atoms with Crippen LogP contribution in [0.3, 0.4) is 0 Å². The highest BCUT2D eigenvalue weighted by molar-refractivity contribution is 6.52. The van der Waals surface area contributed by atoms with Crippen molar-refractivity contribution in [2.45, 2.75) is 13.8 Å². The summed E-state index contributed by atoms with van der Waals surface area (Å²) in [4.78, 5) is 33.7. The number of ketones is 2. The fourth-order valence-corrected chi connectivity index (χ4v) is 2.91. The number of aryl methyl sites for hydroxylation is 2. The van der Waals surface area contributed by atoms with E-state index in [-0.39, 0.29) is 0 Å². The second-order valence-corrected chi connectivity index (χ2v) is 6.05. The molecule has 0 atom stereocenters. The minimum atomic E-state index is -0.522. The van der Waals surface area contributed by atoms with Gasteiger partial charge in [-0.2, -0.15) is 0 Å². The lowest BCUT2D eigenvalue weighted by molar-refractivity contribution is 0.0814. The molecular weight excluding hydrogens is 300 g/mol. The second kappa shape index (κ2) is 5.20. The molecule has 4 heteroatoms. The number of rotatable bonds is 1. The number of aromatic nitrogens is 2. The van der Waals surface area contributed by atoms with E-state index in [0.717, 1.165) is 22.3 Å². The third-order valence-electron chi connectivity index (χ3n) is 4.22. The Labute approximate surface area is 139 Å². The van der Waals surface area contributed by atoms with E-state index in [9.17, 15) is 9.59 Å². The third-order valence-corrected chi connectivity index (χ3v) is 4.22. The molecule has 0 spiro atoms. The Bertz CT molecular complexity index is 1000. The SMILES string of the molecule is Cc1ccc(-c2cnc3c(c2)C(=O)C(=O)c2cc(C)cnc2-3)cc1. The maximum Gasteiger partial charge on any atom is 0.235 e. The van der Waals surface area contributed by atoms with Gasteiger partial charge in [0.2, 0.25) is 11.6 Å². The second-order valence-electron chi connectivity index (χ2n) is 6.05. The van der Waals surface area contributed by atoms with Crippen LogP contribution in [0.1, 0.15) is 31.8 Å². The fourth-order valence-electron chi connectivity index (χ4n) is 2.91. The van der Waals surface area contributed by atoms with E-state index in [1.54, 1.807) is 24.5 Å². The number of carbonyl (C=O) groups is 2. The lowest BCUT2D eigenvalue weighted by Gasteiger charge is -2.17. The lowest BCUT2D eigenvalue weighted by atomic mass is 9.88. The first-order valence-electron chi connectivity index (χ1n) is 7.68. The summed E-state index contributed by atoms with van der Waals surface area (Å²) in [5.74, 6) is -1.04. The Morgan fingerprint density at radius 1 is 0.667 bits per heavy atom. The predicted octanol–water partition coefficient (Wildman–Crippen LogP) is 3.81. The zero-order valence-corrected chi connectivity index (χ0v) is 13.3. The number of Topliss-reactive ketones (excluding diaryl/α,β-unsaturated/α-hetero) is 2. The quantitative estimate of drug-likeness (QED) is 0.641. The number of nitrogens with zero attached hydrogens (tertiary/aromatic N) is 2. The third kappa shape index (κ3) is 2.15. The maximum atomic E-state index is 12.5. The Morgan fingerprint density at radius 2 is 1.25 bits per heavy atom. The van der Waals surface area contributed by atoms with E-state index >= 15 is 0 Å². The Balaban J connectivity index is 1.91. The summed E-state index contributed by atoms with van der Waals surface area (Å²) in [6.07, 6.45) is 3.40. The first-order chi connectivity index (χ1) is 11.5. The molecule has 1 aliphatic rings. The minimum Gasteiger partial charge on any atom is -0.285 e. The highest BCUT2D eigenvalue weighted by Gasteiger charge is 2.32. The van der Waals surface area contributed by atoms with Crippen molar-refractivity contribution in [2.75, 3.05) is 0 Å². The molecule has 4 rings (SSSR count). The molecule has 0 saturated heterocycles. The smallest absolute Gasteiger partial charge is 0.235 e. The van der Waals surface area contributed by atoms with Gasteiger partial charge in [-0.25, -0.2) is 0 Å². The molecule has 3 aromatic rings.